The van der Waals surface area contributed by atoms with E-state index in [4.69, 9.17) is 11.6 Å². The maximum atomic E-state index is 14.2. The molecule has 25 heavy (non-hydrogen) atoms. The molecule has 2 aromatic carbocycles. The van der Waals surface area contributed by atoms with Crippen LogP contribution in [0.15, 0.2) is 67.3 Å². The van der Waals surface area contributed by atoms with Crippen LogP contribution in [0.3, 0.4) is 0 Å². The van der Waals surface area contributed by atoms with Gasteiger partial charge >= 0.3 is 0 Å². The molecule has 0 aliphatic carbocycles. The largest absolute Gasteiger partial charge is 0.325 e. The van der Waals surface area contributed by atoms with Crippen LogP contribution >= 0.6 is 11.6 Å². The van der Waals surface area contributed by atoms with Gasteiger partial charge in [-0.15, -0.1) is 0 Å². The molecule has 2 heterocycles. The zero-order valence-electron chi connectivity index (χ0n) is 12.9. The number of hydrogen-bond acceptors (Lipinski definition) is 4. The summed E-state index contributed by atoms with van der Waals surface area (Å²) in [5.74, 6) is 0.943. The van der Waals surface area contributed by atoms with Gasteiger partial charge in [0.1, 0.15) is 23.8 Å². The molecule has 1 N–H and O–H groups in total. The molecule has 0 fully saturated rings. The molecule has 6 heteroatoms. The molecule has 0 radical (unpaired) electrons. The monoisotopic (exact) mass is 350 g/mol. The Labute approximate surface area is 148 Å². The first kappa shape index (κ1) is 15.5. The van der Waals surface area contributed by atoms with Gasteiger partial charge in [-0.05, 0) is 41.3 Å². The van der Waals surface area contributed by atoms with Gasteiger partial charge in [0.25, 0.3) is 0 Å². The van der Waals surface area contributed by atoms with E-state index in [1.165, 1.54) is 12.4 Å². The summed E-state index contributed by atoms with van der Waals surface area (Å²) < 4.78 is 14.2. The molecule has 2 aromatic heterocycles. The van der Waals surface area contributed by atoms with Crippen molar-refractivity contribution in [3.63, 3.8) is 0 Å². The van der Waals surface area contributed by atoms with Crippen LogP contribution in [0.25, 0.3) is 21.9 Å². The van der Waals surface area contributed by atoms with Crippen molar-refractivity contribution in [1.29, 1.82) is 0 Å². The van der Waals surface area contributed by atoms with E-state index in [9.17, 15) is 4.39 Å². The highest BCUT2D eigenvalue weighted by Crippen LogP contribution is 2.32. The van der Waals surface area contributed by atoms with E-state index in [1.54, 1.807) is 30.6 Å². The van der Waals surface area contributed by atoms with Crippen molar-refractivity contribution in [3.8, 4) is 11.1 Å². The van der Waals surface area contributed by atoms with Crippen molar-refractivity contribution in [2.24, 2.45) is 0 Å². The second-order valence-electron chi connectivity index (χ2n) is 5.45. The zero-order valence-corrected chi connectivity index (χ0v) is 13.7. The number of nitrogens with one attached hydrogen (secondary N) is 1. The Bertz CT molecular complexity index is 1030. The van der Waals surface area contributed by atoms with Crippen molar-refractivity contribution in [2.75, 3.05) is 5.32 Å². The fourth-order valence-electron chi connectivity index (χ4n) is 2.63. The SMILES string of the molecule is Fc1cccc(Cl)c1-c1ccc2cnc(Nc3ccncn3)cc2c1. The van der Waals surface area contributed by atoms with Crippen molar-refractivity contribution in [2.45, 2.75) is 0 Å². The summed E-state index contributed by atoms with van der Waals surface area (Å²) >= 11 is 6.17. The second kappa shape index (κ2) is 6.45. The standard InChI is InChI=1S/C19H12ClFN4/c20-15-2-1-3-16(21)19(15)12-4-5-13-10-23-18(9-14(13)8-12)25-17-6-7-22-11-24-17/h1-11H,(H,22,23,24,25). The molecule has 4 nitrogen and oxygen atoms in total. The highest BCUT2D eigenvalue weighted by molar-refractivity contribution is 6.33. The van der Waals surface area contributed by atoms with Crippen molar-refractivity contribution in [1.82, 2.24) is 15.0 Å². The molecule has 122 valence electrons. The van der Waals surface area contributed by atoms with Gasteiger partial charge in [0.15, 0.2) is 0 Å². The quantitative estimate of drug-likeness (QED) is 0.549. The molecule has 0 saturated carbocycles. The Kier molecular flexibility index (Phi) is 3.99. The van der Waals surface area contributed by atoms with Gasteiger partial charge in [-0.1, -0.05) is 29.8 Å². The first-order valence-corrected chi connectivity index (χ1v) is 7.96. The summed E-state index contributed by atoms with van der Waals surface area (Å²) in [4.78, 5) is 12.4. The van der Waals surface area contributed by atoms with Crippen LogP contribution in [0.2, 0.25) is 5.02 Å². The molecule has 0 aliphatic rings. The van der Waals surface area contributed by atoms with Crippen molar-refractivity contribution in [3.05, 3.63) is 78.1 Å². The maximum absolute atomic E-state index is 14.2. The first-order chi connectivity index (χ1) is 12.2. The van der Waals surface area contributed by atoms with E-state index < -0.39 is 0 Å². The molecule has 0 saturated heterocycles. The Balaban J connectivity index is 1.77. The Morgan fingerprint density at radius 1 is 0.920 bits per heavy atom. The minimum absolute atomic E-state index is 0.347. The van der Waals surface area contributed by atoms with E-state index in [0.29, 0.717) is 22.2 Å². The van der Waals surface area contributed by atoms with E-state index >= 15 is 0 Å². The van der Waals surface area contributed by atoms with Gasteiger partial charge in [0.05, 0.1) is 5.02 Å². The molecule has 0 bridgehead atoms. The van der Waals surface area contributed by atoms with Gasteiger partial charge in [-0.25, -0.2) is 19.3 Å². The van der Waals surface area contributed by atoms with Gasteiger partial charge in [-0.3, -0.25) is 0 Å². The molecule has 4 rings (SSSR count). The molecule has 4 aromatic rings. The normalized spacial score (nSPS) is 10.8. The van der Waals surface area contributed by atoms with Crippen molar-refractivity contribution >= 4 is 34.0 Å². The summed E-state index contributed by atoms with van der Waals surface area (Å²) in [6, 6.07) is 13.9. The summed E-state index contributed by atoms with van der Waals surface area (Å²) in [6.07, 6.45) is 4.86. The number of benzene rings is 2. The summed E-state index contributed by atoms with van der Waals surface area (Å²) in [6.45, 7) is 0. The number of rotatable bonds is 3. The second-order valence-corrected chi connectivity index (χ2v) is 5.85. The third kappa shape index (κ3) is 3.14. The number of halogens is 2. The topological polar surface area (TPSA) is 50.7 Å². The Hall–Kier alpha value is -3.05. The number of fused-ring (bicyclic) bond motifs is 1. The van der Waals surface area contributed by atoms with Gasteiger partial charge in [0.2, 0.25) is 0 Å². The Morgan fingerprint density at radius 2 is 1.84 bits per heavy atom. The highest BCUT2D eigenvalue weighted by Gasteiger charge is 2.10. The van der Waals surface area contributed by atoms with Crippen LogP contribution in [0.5, 0.6) is 0 Å². The minimum atomic E-state index is -0.347. The predicted octanol–water partition coefficient (Wildman–Crippen LogP) is 5.23. The van der Waals surface area contributed by atoms with E-state index in [2.05, 4.69) is 20.3 Å². The number of nitrogens with zero attached hydrogens (tertiary/aromatic N) is 3. The molecule has 0 unspecified atom stereocenters. The van der Waals surface area contributed by atoms with Gasteiger partial charge in [-0.2, -0.15) is 0 Å². The average Bonchev–Trinajstić information content (AvgIpc) is 2.62. The number of aromatic nitrogens is 3. The summed E-state index contributed by atoms with van der Waals surface area (Å²) in [5.41, 5.74) is 1.11. The van der Waals surface area contributed by atoms with Crippen LogP contribution in [0, 0.1) is 5.82 Å². The molecule has 0 spiro atoms. The molecule has 0 atom stereocenters. The molecular weight excluding hydrogens is 339 g/mol. The van der Waals surface area contributed by atoms with Crippen LogP contribution in [0.4, 0.5) is 16.0 Å². The fourth-order valence-corrected chi connectivity index (χ4v) is 2.91. The molecule has 0 amide bonds. The smallest absolute Gasteiger partial charge is 0.134 e. The summed E-state index contributed by atoms with van der Waals surface area (Å²) in [5, 5.41) is 5.37. The van der Waals surface area contributed by atoms with E-state index in [1.807, 2.05) is 24.3 Å². The van der Waals surface area contributed by atoms with Gasteiger partial charge in [0, 0.05) is 23.3 Å². The van der Waals surface area contributed by atoms with Crippen LogP contribution < -0.4 is 5.32 Å². The summed E-state index contributed by atoms with van der Waals surface area (Å²) in [7, 11) is 0. The maximum Gasteiger partial charge on any atom is 0.134 e. The number of pyridine rings is 1. The third-order valence-corrected chi connectivity index (χ3v) is 4.13. The lowest BCUT2D eigenvalue weighted by atomic mass is 10.0. The van der Waals surface area contributed by atoms with Gasteiger partial charge < -0.3 is 5.32 Å². The zero-order chi connectivity index (χ0) is 17.2. The highest BCUT2D eigenvalue weighted by atomic mass is 35.5. The molecule has 0 aliphatic heterocycles. The average molecular weight is 351 g/mol. The van der Waals surface area contributed by atoms with Crippen LogP contribution in [0.1, 0.15) is 0 Å². The Morgan fingerprint density at radius 3 is 2.64 bits per heavy atom. The first-order valence-electron chi connectivity index (χ1n) is 7.58. The van der Waals surface area contributed by atoms with Crippen LogP contribution in [-0.2, 0) is 0 Å². The third-order valence-electron chi connectivity index (χ3n) is 3.81. The van der Waals surface area contributed by atoms with E-state index in [0.717, 1.165) is 16.3 Å². The van der Waals surface area contributed by atoms with Crippen LogP contribution in [-0.4, -0.2) is 15.0 Å². The lowest BCUT2D eigenvalue weighted by Gasteiger charge is -2.09. The predicted molar refractivity (Wildman–Crippen MR) is 97.5 cm³/mol. The fraction of sp³-hybridized carbons (Fsp3) is 0. The number of hydrogen-bond donors (Lipinski definition) is 1. The number of anilines is 2. The lowest BCUT2D eigenvalue weighted by molar-refractivity contribution is 0.631. The van der Waals surface area contributed by atoms with Crippen molar-refractivity contribution < 1.29 is 4.39 Å². The van der Waals surface area contributed by atoms with E-state index in [-0.39, 0.29) is 5.82 Å². The lowest BCUT2D eigenvalue weighted by Crippen LogP contribution is -1.96. The minimum Gasteiger partial charge on any atom is -0.325 e. The molecular formula is C19H12ClFN4.